The number of amides is 1. The summed E-state index contributed by atoms with van der Waals surface area (Å²) in [6.07, 6.45) is 3.19. The maximum atomic E-state index is 12.0. The van der Waals surface area contributed by atoms with Crippen LogP contribution in [0, 0.1) is 0 Å². The third kappa shape index (κ3) is 1.69. The first-order valence-electron chi connectivity index (χ1n) is 5.59. The Bertz CT molecular complexity index is 676. The molecule has 0 spiro atoms. The summed E-state index contributed by atoms with van der Waals surface area (Å²) in [5.74, 6) is 0.571. The van der Waals surface area contributed by atoms with Crippen LogP contribution in [0.2, 0.25) is 0 Å². The van der Waals surface area contributed by atoms with Gasteiger partial charge in [0.1, 0.15) is 11.5 Å². The maximum absolute atomic E-state index is 12.0. The summed E-state index contributed by atoms with van der Waals surface area (Å²) in [5, 5.41) is 2.80. The molecule has 5 nitrogen and oxygen atoms in total. The molecule has 0 saturated carbocycles. The molecule has 0 aliphatic heterocycles. The van der Waals surface area contributed by atoms with Crippen LogP contribution in [-0.4, -0.2) is 10.5 Å². The van der Waals surface area contributed by atoms with E-state index in [0.717, 1.165) is 11.3 Å². The Kier molecular flexibility index (Phi) is 2.44. The van der Waals surface area contributed by atoms with Crippen LogP contribution in [0.4, 0.5) is 0 Å². The smallest absolute Gasteiger partial charge is 0.268 e. The molecule has 92 valence electrons. The van der Waals surface area contributed by atoms with Crippen LogP contribution in [-0.2, 0) is 13.6 Å². The summed E-state index contributed by atoms with van der Waals surface area (Å²) >= 11 is 0. The van der Waals surface area contributed by atoms with E-state index in [9.17, 15) is 4.79 Å². The molecule has 0 fully saturated rings. The Hall–Kier alpha value is -2.43. The van der Waals surface area contributed by atoms with Gasteiger partial charge in [0.15, 0.2) is 5.58 Å². The van der Waals surface area contributed by atoms with Gasteiger partial charge in [-0.3, -0.25) is 4.79 Å². The zero-order valence-corrected chi connectivity index (χ0v) is 9.84. The molecule has 0 atom stereocenters. The Morgan fingerprint density at radius 2 is 2.22 bits per heavy atom. The molecule has 1 amide bonds. The fourth-order valence-electron chi connectivity index (χ4n) is 1.94. The number of nitrogens with zero attached hydrogens (tertiary/aromatic N) is 1. The van der Waals surface area contributed by atoms with Gasteiger partial charge in [-0.15, -0.1) is 0 Å². The van der Waals surface area contributed by atoms with E-state index < -0.39 is 0 Å². The van der Waals surface area contributed by atoms with Crippen LogP contribution < -0.4 is 5.32 Å². The van der Waals surface area contributed by atoms with E-state index in [4.69, 9.17) is 8.83 Å². The van der Waals surface area contributed by atoms with E-state index in [1.54, 1.807) is 29.2 Å². The van der Waals surface area contributed by atoms with Crippen molar-refractivity contribution in [2.45, 2.75) is 6.54 Å². The van der Waals surface area contributed by atoms with Crippen molar-refractivity contribution < 1.29 is 13.6 Å². The highest BCUT2D eigenvalue weighted by molar-refractivity contribution is 5.97. The molecule has 0 radical (unpaired) electrons. The number of aromatic nitrogens is 1. The topological polar surface area (TPSA) is 60.3 Å². The van der Waals surface area contributed by atoms with E-state index >= 15 is 0 Å². The van der Waals surface area contributed by atoms with Gasteiger partial charge in [-0.1, -0.05) is 0 Å². The fraction of sp³-hybridized carbons (Fsp3) is 0.154. The van der Waals surface area contributed by atoms with E-state index in [-0.39, 0.29) is 5.91 Å². The quantitative estimate of drug-likeness (QED) is 0.769. The van der Waals surface area contributed by atoms with Crippen LogP contribution in [0.5, 0.6) is 0 Å². The number of nitrogens with one attached hydrogen (secondary N) is 1. The second-order valence-corrected chi connectivity index (χ2v) is 4.02. The van der Waals surface area contributed by atoms with Gasteiger partial charge in [0.05, 0.1) is 24.6 Å². The second-order valence-electron chi connectivity index (χ2n) is 4.02. The summed E-state index contributed by atoms with van der Waals surface area (Å²) in [6, 6.07) is 7.17. The molecule has 5 heteroatoms. The second kappa shape index (κ2) is 4.10. The van der Waals surface area contributed by atoms with Gasteiger partial charge < -0.3 is 18.7 Å². The first kappa shape index (κ1) is 10.7. The van der Waals surface area contributed by atoms with E-state index in [0.29, 0.717) is 17.8 Å². The monoisotopic (exact) mass is 244 g/mol. The van der Waals surface area contributed by atoms with E-state index in [1.807, 2.05) is 19.2 Å². The van der Waals surface area contributed by atoms with Gasteiger partial charge in [0.25, 0.3) is 5.91 Å². The molecule has 1 N–H and O–H groups in total. The number of aryl methyl sites for hydroxylation is 1. The van der Waals surface area contributed by atoms with Crippen molar-refractivity contribution in [1.82, 2.24) is 9.88 Å². The first-order chi connectivity index (χ1) is 8.75. The molecule has 18 heavy (non-hydrogen) atoms. The molecule has 0 aromatic carbocycles. The van der Waals surface area contributed by atoms with Crippen molar-refractivity contribution in [3.8, 4) is 0 Å². The minimum absolute atomic E-state index is 0.152. The zero-order valence-electron chi connectivity index (χ0n) is 9.84. The van der Waals surface area contributed by atoms with Crippen molar-refractivity contribution >= 4 is 17.0 Å². The predicted octanol–water partition coefficient (Wildman–Crippen LogP) is 2.29. The molecule has 0 aliphatic carbocycles. The van der Waals surface area contributed by atoms with Gasteiger partial charge in [-0.25, -0.2) is 0 Å². The average molecular weight is 244 g/mol. The standard InChI is InChI=1S/C13H12N2O3/c1-15-10-4-6-18-12(10)7-11(15)13(16)14-8-9-3-2-5-17-9/h2-7H,8H2,1H3,(H,14,16). The number of carbonyl (C=O) groups is 1. The Labute approximate surface area is 103 Å². The van der Waals surface area contributed by atoms with Gasteiger partial charge in [0.2, 0.25) is 0 Å². The molecule has 3 heterocycles. The Morgan fingerprint density at radius 3 is 2.94 bits per heavy atom. The highest BCUT2D eigenvalue weighted by Gasteiger charge is 2.14. The number of hydrogen-bond acceptors (Lipinski definition) is 3. The first-order valence-corrected chi connectivity index (χ1v) is 5.59. The average Bonchev–Trinajstić information content (AvgIpc) is 3.05. The maximum Gasteiger partial charge on any atom is 0.268 e. The third-order valence-corrected chi connectivity index (χ3v) is 2.90. The molecule has 3 rings (SSSR count). The number of rotatable bonds is 3. The van der Waals surface area contributed by atoms with Crippen molar-refractivity contribution in [2.75, 3.05) is 0 Å². The van der Waals surface area contributed by atoms with Crippen molar-refractivity contribution in [3.63, 3.8) is 0 Å². The van der Waals surface area contributed by atoms with Gasteiger partial charge in [-0.05, 0) is 12.1 Å². The summed E-state index contributed by atoms with van der Waals surface area (Å²) in [5.41, 5.74) is 2.18. The molecule has 3 aromatic heterocycles. The lowest BCUT2D eigenvalue weighted by atomic mass is 10.3. The number of fused-ring (bicyclic) bond motifs is 1. The van der Waals surface area contributed by atoms with E-state index in [1.165, 1.54) is 0 Å². The Balaban J connectivity index is 1.79. The summed E-state index contributed by atoms with van der Waals surface area (Å²) in [6.45, 7) is 0.373. The molecule has 0 saturated heterocycles. The highest BCUT2D eigenvalue weighted by atomic mass is 16.3. The van der Waals surface area contributed by atoms with Crippen LogP contribution in [0.3, 0.4) is 0 Å². The lowest BCUT2D eigenvalue weighted by molar-refractivity contribution is 0.0940. The normalized spacial score (nSPS) is 10.9. The molecular formula is C13H12N2O3. The lowest BCUT2D eigenvalue weighted by Gasteiger charge is -2.04. The number of furan rings is 2. The summed E-state index contributed by atoms with van der Waals surface area (Å²) in [4.78, 5) is 12.0. The van der Waals surface area contributed by atoms with Crippen LogP contribution in [0.1, 0.15) is 16.2 Å². The number of hydrogen-bond donors (Lipinski definition) is 1. The number of carbonyl (C=O) groups excluding carboxylic acids is 1. The minimum Gasteiger partial charge on any atom is -0.467 e. The fourth-order valence-corrected chi connectivity index (χ4v) is 1.94. The van der Waals surface area contributed by atoms with Crippen LogP contribution in [0.15, 0.2) is 45.6 Å². The lowest BCUT2D eigenvalue weighted by Crippen LogP contribution is -2.24. The van der Waals surface area contributed by atoms with Crippen LogP contribution in [0.25, 0.3) is 11.1 Å². The molecule has 0 bridgehead atoms. The highest BCUT2D eigenvalue weighted by Crippen LogP contribution is 2.19. The van der Waals surface area contributed by atoms with E-state index in [2.05, 4.69) is 5.32 Å². The van der Waals surface area contributed by atoms with Crippen molar-refractivity contribution in [2.24, 2.45) is 7.05 Å². The predicted molar refractivity (Wildman–Crippen MR) is 65.1 cm³/mol. The third-order valence-electron chi connectivity index (χ3n) is 2.90. The molecular weight excluding hydrogens is 232 g/mol. The Morgan fingerprint density at radius 1 is 1.33 bits per heavy atom. The zero-order chi connectivity index (χ0) is 12.5. The van der Waals surface area contributed by atoms with Gasteiger partial charge in [0, 0.05) is 19.2 Å². The molecule has 0 unspecified atom stereocenters. The van der Waals surface area contributed by atoms with Crippen molar-refractivity contribution in [3.05, 3.63) is 48.2 Å². The molecule has 0 aliphatic rings. The largest absolute Gasteiger partial charge is 0.467 e. The van der Waals surface area contributed by atoms with Gasteiger partial charge >= 0.3 is 0 Å². The summed E-state index contributed by atoms with van der Waals surface area (Å²) < 4.78 is 12.2. The van der Waals surface area contributed by atoms with Crippen molar-refractivity contribution in [1.29, 1.82) is 0 Å². The molecule has 3 aromatic rings. The van der Waals surface area contributed by atoms with Gasteiger partial charge in [-0.2, -0.15) is 0 Å². The summed E-state index contributed by atoms with van der Waals surface area (Å²) in [7, 11) is 1.83. The minimum atomic E-state index is -0.152. The van der Waals surface area contributed by atoms with Crippen LogP contribution >= 0.6 is 0 Å². The SMILES string of the molecule is Cn1c(C(=O)NCc2ccco2)cc2occc21.